The molecule has 1 heterocycles. The van der Waals surface area contributed by atoms with Crippen molar-refractivity contribution in [3.05, 3.63) is 0 Å². The Balaban J connectivity index is 1.24. The van der Waals surface area contributed by atoms with Crippen LogP contribution in [0.5, 0.6) is 0 Å². The predicted octanol–water partition coefficient (Wildman–Crippen LogP) is 3.89. The molecule has 5 atom stereocenters. The third kappa shape index (κ3) is 2.43. The largest absolute Gasteiger partial charge is 0.370 e. The van der Waals surface area contributed by atoms with Crippen LogP contribution in [0.3, 0.4) is 0 Å². The van der Waals surface area contributed by atoms with Gasteiger partial charge in [-0.05, 0) is 69.6 Å². The molecule has 5 unspecified atom stereocenters. The summed E-state index contributed by atoms with van der Waals surface area (Å²) in [7, 11) is 0. The standard InChI is InChI=1S/C18H31NO/c1-13(17-11-14-4-5-15(17)10-14)19-12-16-6-9-18(20-16)7-2-3-8-18/h13-17,19H,2-12H2,1H3. The second kappa shape index (κ2) is 5.28. The van der Waals surface area contributed by atoms with Crippen molar-refractivity contribution in [1.29, 1.82) is 0 Å². The Bertz CT molecular complexity index is 349. The highest BCUT2D eigenvalue weighted by molar-refractivity contribution is 4.96. The molecule has 114 valence electrons. The Morgan fingerprint density at radius 3 is 2.65 bits per heavy atom. The number of nitrogens with one attached hydrogen (secondary N) is 1. The Labute approximate surface area is 124 Å². The van der Waals surface area contributed by atoms with E-state index in [4.69, 9.17) is 4.74 Å². The molecule has 0 aromatic rings. The van der Waals surface area contributed by atoms with E-state index in [1.54, 1.807) is 0 Å². The van der Waals surface area contributed by atoms with Gasteiger partial charge in [0.25, 0.3) is 0 Å². The smallest absolute Gasteiger partial charge is 0.0708 e. The highest BCUT2D eigenvalue weighted by Crippen LogP contribution is 2.49. The van der Waals surface area contributed by atoms with E-state index in [1.807, 2.05) is 0 Å². The second-order valence-corrected chi connectivity index (χ2v) is 8.20. The minimum absolute atomic E-state index is 0.308. The van der Waals surface area contributed by atoms with Crippen molar-refractivity contribution >= 4 is 0 Å². The van der Waals surface area contributed by atoms with Crippen LogP contribution in [0.15, 0.2) is 0 Å². The van der Waals surface area contributed by atoms with E-state index in [9.17, 15) is 0 Å². The summed E-state index contributed by atoms with van der Waals surface area (Å²) in [6, 6.07) is 0.703. The summed E-state index contributed by atoms with van der Waals surface area (Å²) >= 11 is 0. The van der Waals surface area contributed by atoms with E-state index in [2.05, 4.69) is 12.2 Å². The number of hydrogen-bond acceptors (Lipinski definition) is 2. The van der Waals surface area contributed by atoms with E-state index in [1.165, 1.54) is 64.2 Å². The van der Waals surface area contributed by atoms with Gasteiger partial charge in [-0.2, -0.15) is 0 Å². The van der Waals surface area contributed by atoms with Gasteiger partial charge in [-0.3, -0.25) is 0 Å². The van der Waals surface area contributed by atoms with Crippen molar-refractivity contribution < 1.29 is 4.74 Å². The third-order valence-electron chi connectivity index (χ3n) is 6.96. The van der Waals surface area contributed by atoms with E-state index in [0.29, 0.717) is 17.7 Å². The minimum Gasteiger partial charge on any atom is -0.370 e. The average Bonchev–Trinajstić information content (AvgIpc) is 3.22. The van der Waals surface area contributed by atoms with Gasteiger partial charge in [0.15, 0.2) is 0 Å². The van der Waals surface area contributed by atoms with Crippen LogP contribution >= 0.6 is 0 Å². The third-order valence-corrected chi connectivity index (χ3v) is 6.96. The van der Waals surface area contributed by atoms with Crippen molar-refractivity contribution in [3.8, 4) is 0 Å². The average molecular weight is 277 g/mol. The van der Waals surface area contributed by atoms with Crippen LogP contribution < -0.4 is 5.32 Å². The van der Waals surface area contributed by atoms with E-state index in [0.717, 1.165) is 24.3 Å². The maximum absolute atomic E-state index is 6.42. The van der Waals surface area contributed by atoms with Gasteiger partial charge in [0.2, 0.25) is 0 Å². The van der Waals surface area contributed by atoms with Gasteiger partial charge in [0, 0.05) is 12.6 Å². The molecule has 3 aliphatic carbocycles. The molecule has 20 heavy (non-hydrogen) atoms. The SMILES string of the molecule is CC(NCC1CCC2(CCCC2)O1)C1CC2CCC1C2. The summed E-state index contributed by atoms with van der Waals surface area (Å²) in [6.07, 6.45) is 14.6. The van der Waals surface area contributed by atoms with Crippen molar-refractivity contribution in [2.24, 2.45) is 17.8 Å². The maximum atomic E-state index is 6.42. The van der Waals surface area contributed by atoms with E-state index >= 15 is 0 Å². The molecule has 3 saturated carbocycles. The summed E-state index contributed by atoms with van der Waals surface area (Å²) in [5.74, 6) is 3.06. The quantitative estimate of drug-likeness (QED) is 0.841. The molecule has 1 spiro atoms. The Kier molecular flexibility index (Phi) is 3.58. The Hall–Kier alpha value is -0.0800. The zero-order valence-electron chi connectivity index (χ0n) is 13.1. The summed E-state index contributed by atoms with van der Waals surface area (Å²) < 4.78 is 6.42. The summed E-state index contributed by atoms with van der Waals surface area (Å²) in [5.41, 5.74) is 0.308. The van der Waals surface area contributed by atoms with Gasteiger partial charge < -0.3 is 10.1 Å². The number of hydrogen-bond donors (Lipinski definition) is 1. The van der Waals surface area contributed by atoms with Gasteiger partial charge >= 0.3 is 0 Å². The lowest BCUT2D eigenvalue weighted by atomic mass is 9.84. The van der Waals surface area contributed by atoms with Crippen molar-refractivity contribution in [2.75, 3.05) is 6.54 Å². The molecule has 1 aliphatic heterocycles. The lowest BCUT2D eigenvalue weighted by Crippen LogP contribution is -2.41. The molecule has 0 aromatic carbocycles. The lowest BCUT2D eigenvalue weighted by Gasteiger charge is -2.30. The molecule has 2 bridgehead atoms. The first kappa shape index (κ1) is 13.6. The molecule has 4 aliphatic rings. The first-order valence-electron chi connectivity index (χ1n) is 9.15. The highest BCUT2D eigenvalue weighted by atomic mass is 16.5. The van der Waals surface area contributed by atoms with Gasteiger partial charge in [0.05, 0.1) is 11.7 Å². The summed E-state index contributed by atoms with van der Waals surface area (Å²) in [4.78, 5) is 0. The number of rotatable bonds is 4. The van der Waals surface area contributed by atoms with Crippen LogP contribution in [-0.4, -0.2) is 24.3 Å². The molecule has 0 radical (unpaired) electrons. The summed E-state index contributed by atoms with van der Waals surface area (Å²) in [5, 5.41) is 3.83. The predicted molar refractivity (Wildman–Crippen MR) is 81.7 cm³/mol. The monoisotopic (exact) mass is 277 g/mol. The normalized spacial score (nSPS) is 43.6. The van der Waals surface area contributed by atoms with Crippen LogP contribution in [0.2, 0.25) is 0 Å². The molecule has 1 saturated heterocycles. The molecular formula is C18H31NO. The van der Waals surface area contributed by atoms with Gasteiger partial charge in [-0.15, -0.1) is 0 Å². The van der Waals surface area contributed by atoms with Crippen LogP contribution in [-0.2, 0) is 4.74 Å². The fourth-order valence-corrected chi connectivity index (χ4v) is 5.80. The highest BCUT2D eigenvalue weighted by Gasteiger charge is 2.43. The first-order valence-corrected chi connectivity index (χ1v) is 9.15. The van der Waals surface area contributed by atoms with Gasteiger partial charge in [-0.25, -0.2) is 0 Å². The molecule has 4 fully saturated rings. The zero-order valence-corrected chi connectivity index (χ0v) is 13.1. The first-order chi connectivity index (χ1) is 9.74. The second-order valence-electron chi connectivity index (χ2n) is 8.20. The lowest BCUT2D eigenvalue weighted by molar-refractivity contribution is -0.0364. The van der Waals surface area contributed by atoms with Gasteiger partial charge in [0.1, 0.15) is 0 Å². The fraction of sp³-hybridized carbons (Fsp3) is 1.00. The maximum Gasteiger partial charge on any atom is 0.0708 e. The number of fused-ring (bicyclic) bond motifs is 2. The Morgan fingerprint density at radius 1 is 1.10 bits per heavy atom. The Morgan fingerprint density at radius 2 is 1.95 bits per heavy atom. The van der Waals surface area contributed by atoms with Crippen molar-refractivity contribution in [3.63, 3.8) is 0 Å². The molecule has 2 heteroatoms. The van der Waals surface area contributed by atoms with Crippen molar-refractivity contribution in [2.45, 2.75) is 88.9 Å². The van der Waals surface area contributed by atoms with Crippen LogP contribution in [0.25, 0.3) is 0 Å². The van der Waals surface area contributed by atoms with E-state index in [-0.39, 0.29) is 0 Å². The topological polar surface area (TPSA) is 21.3 Å². The summed E-state index contributed by atoms with van der Waals surface area (Å²) in [6.45, 7) is 3.52. The van der Waals surface area contributed by atoms with Gasteiger partial charge in [-0.1, -0.05) is 19.3 Å². The molecular weight excluding hydrogens is 246 g/mol. The minimum atomic E-state index is 0.308. The molecule has 1 N–H and O–H groups in total. The zero-order chi connectivity index (χ0) is 13.6. The molecule has 4 rings (SSSR count). The van der Waals surface area contributed by atoms with Crippen LogP contribution in [0.4, 0.5) is 0 Å². The molecule has 0 aromatic heterocycles. The van der Waals surface area contributed by atoms with Crippen LogP contribution in [0.1, 0.15) is 71.1 Å². The fourth-order valence-electron chi connectivity index (χ4n) is 5.80. The molecule has 0 amide bonds. The number of ether oxygens (including phenoxy) is 1. The molecule has 2 nitrogen and oxygen atoms in total. The van der Waals surface area contributed by atoms with E-state index < -0.39 is 0 Å². The van der Waals surface area contributed by atoms with Crippen molar-refractivity contribution in [1.82, 2.24) is 5.32 Å². The van der Waals surface area contributed by atoms with Crippen LogP contribution in [0, 0.1) is 17.8 Å².